The first-order chi connectivity index (χ1) is 11.3. The molecule has 0 bridgehead atoms. The smallest absolute Gasteiger partial charge is 0.0165 e. The highest BCUT2D eigenvalue weighted by molar-refractivity contribution is 5.05. The summed E-state index contributed by atoms with van der Waals surface area (Å²) in [5.41, 5.74) is 5.82. The van der Waals surface area contributed by atoms with E-state index in [1.54, 1.807) is 0 Å². The molecule has 0 saturated carbocycles. The Kier molecular flexibility index (Phi) is 17.6. The van der Waals surface area contributed by atoms with Gasteiger partial charge < -0.3 is 0 Å². The maximum atomic E-state index is 2.37. The SMILES string of the molecule is CC.CC(C)=CCC/C(C)=C/CN(C)C/C=C(\C)CCC=C(C)C. The van der Waals surface area contributed by atoms with Crippen LogP contribution in [0, 0.1) is 0 Å². The molecule has 0 aliphatic rings. The number of nitrogens with zero attached hydrogens (tertiary/aromatic N) is 1. The van der Waals surface area contributed by atoms with E-state index >= 15 is 0 Å². The van der Waals surface area contributed by atoms with E-state index in [9.17, 15) is 0 Å². The summed E-state index contributed by atoms with van der Waals surface area (Å²) in [5.74, 6) is 0. The summed E-state index contributed by atoms with van der Waals surface area (Å²) in [5, 5.41) is 0. The van der Waals surface area contributed by atoms with E-state index in [2.05, 4.69) is 77.8 Å². The first-order valence-corrected chi connectivity index (χ1v) is 9.57. The molecule has 0 spiro atoms. The summed E-state index contributed by atoms with van der Waals surface area (Å²) < 4.78 is 0. The second-order valence-corrected chi connectivity index (χ2v) is 6.96. The van der Waals surface area contributed by atoms with E-state index in [0.717, 1.165) is 25.9 Å². The largest absolute Gasteiger partial charge is 0.299 e. The highest BCUT2D eigenvalue weighted by Crippen LogP contribution is 2.08. The molecular weight excluding hydrogens is 290 g/mol. The van der Waals surface area contributed by atoms with Crippen LogP contribution in [-0.4, -0.2) is 25.0 Å². The summed E-state index contributed by atoms with van der Waals surface area (Å²) in [6.45, 7) is 19.2. The fourth-order valence-corrected chi connectivity index (χ4v) is 2.08. The summed E-state index contributed by atoms with van der Waals surface area (Å²) >= 11 is 0. The Morgan fingerprint density at radius 2 is 0.958 bits per heavy atom. The van der Waals surface area contributed by atoms with Crippen LogP contribution in [0.15, 0.2) is 46.6 Å². The van der Waals surface area contributed by atoms with E-state index in [4.69, 9.17) is 0 Å². The van der Waals surface area contributed by atoms with Gasteiger partial charge in [-0.15, -0.1) is 0 Å². The van der Waals surface area contributed by atoms with Crippen LogP contribution in [0.2, 0.25) is 0 Å². The molecule has 0 unspecified atom stereocenters. The summed E-state index contributed by atoms with van der Waals surface area (Å²) in [4.78, 5) is 2.37. The monoisotopic (exact) mass is 333 g/mol. The Morgan fingerprint density at radius 3 is 1.25 bits per heavy atom. The van der Waals surface area contributed by atoms with Gasteiger partial charge in [0, 0.05) is 13.1 Å². The summed E-state index contributed by atoms with van der Waals surface area (Å²) in [6.07, 6.45) is 14.1. The van der Waals surface area contributed by atoms with Crippen LogP contribution in [0.5, 0.6) is 0 Å². The Bertz CT molecular complexity index is 373. The van der Waals surface area contributed by atoms with Crippen LogP contribution in [-0.2, 0) is 0 Å². The highest BCUT2D eigenvalue weighted by Gasteiger charge is 1.96. The quantitative estimate of drug-likeness (QED) is 0.378. The second-order valence-electron chi connectivity index (χ2n) is 6.96. The van der Waals surface area contributed by atoms with Crippen molar-refractivity contribution >= 4 is 0 Å². The van der Waals surface area contributed by atoms with Gasteiger partial charge in [0.05, 0.1) is 0 Å². The third kappa shape index (κ3) is 19.0. The van der Waals surface area contributed by atoms with Crippen LogP contribution in [0.4, 0.5) is 0 Å². The predicted molar refractivity (Wildman–Crippen MR) is 114 cm³/mol. The average molecular weight is 334 g/mol. The number of hydrogen-bond acceptors (Lipinski definition) is 1. The van der Waals surface area contributed by atoms with Gasteiger partial charge in [-0.1, -0.05) is 60.4 Å². The molecule has 0 aromatic carbocycles. The van der Waals surface area contributed by atoms with Crippen molar-refractivity contribution in [1.82, 2.24) is 4.90 Å². The molecule has 0 atom stereocenters. The first-order valence-electron chi connectivity index (χ1n) is 9.57. The summed E-state index contributed by atoms with van der Waals surface area (Å²) in [7, 11) is 2.19. The lowest BCUT2D eigenvalue weighted by atomic mass is 10.1. The second kappa shape index (κ2) is 16.8. The molecule has 0 saturated heterocycles. The van der Waals surface area contributed by atoms with Gasteiger partial charge >= 0.3 is 0 Å². The fourth-order valence-electron chi connectivity index (χ4n) is 2.08. The summed E-state index contributed by atoms with van der Waals surface area (Å²) in [6, 6.07) is 0. The Hall–Kier alpha value is -1.08. The third-order valence-corrected chi connectivity index (χ3v) is 3.69. The highest BCUT2D eigenvalue weighted by atomic mass is 15.1. The lowest BCUT2D eigenvalue weighted by molar-refractivity contribution is 0.410. The maximum absolute atomic E-state index is 2.37. The van der Waals surface area contributed by atoms with E-state index in [-0.39, 0.29) is 0 Å². The number of allylic oxidation sites excluding steroid dienone is 6. The zero-order chi connectivity index (χ0) is 19.0. The van der Waals surface area contributed by atoms with Crippen molar-refractivity contribution in [3.63, 3.8) is 0 Å². The molecule has 0 heterocycles. The Labute approximate surface area is 153 Å². The zero-order valence-corrected chi connectivity index (χ0v) is 18.0. The molecule has 0 amide bonds. The molecule has 1 heteroatoms. The van der Waals surface area contributed by atoms with Gasteiger partial charge in [0.2, 0.25) is 0 Å². The van der Waals surface area contributed by atoms with Gasteiger partial charge in [-0.3, -0.25) is 4.90 Å². The van der Waals surface area contributed by atoms with Crippen molar-refractivity contribution in [2.45, 2.75) is 81.1 Å². The minimum atomic E-state index is 1.04. The number of likely N-dealkylation sites (N-methyl/N-ethyl adjacent to an activating group) is 1. The van der Waals surface area contributed by atoms with Gasteiger partial charge in [0.1, 0.15) is 0 Å². The molecule has 140 valence electrons. The van der Waals surface area contributed by atoms with Crippen LogP contribution in [0.1, 0.15) is 81.1 Å². The molecule has 0 aromatic rings. The Balaban J connectivity index is 0. The standard InChI is InChI=1S/C21H37N.C2H6/c1-18(2)10-8-12-20(5)14-16-22(7)17-15-21(6)13-9-11-19(3)4;1-2/h10-11,14-15H,8-9,12-13,16-17H2,1-7H3;1-2H3/b20-14+,21-15+;. The molecule has 0 fully saturated rings. The minimum absolute atomic E-state index is 1.04. The van der Waals surface area contributed by atoms with Gasteiger partial charge in [0.25, 0.3) is 0 Å². The van der Waals surface area contributed by atoms with E-state index < -0.39 is 0 Å². The van der Waals surface area contributed by atoms with E-state index in [1.807, 2.05) is 13.8 Å². The normalized spacial score (nSPS) is 11.8. The molecule has 0 aromatic heterocycles. The zero-order valence-electron chi connectivity index (χ0n) is 18.0. The minimum Gasteiger partial charge on any atom is -0.299 e. The first kappa shape index (κ1) is 25.2. The van der Waals surface area contributed by atoms with Crippen molar-refractivity contribution < 1.29 is 0 Å². The lowest BCUT2D eigenvalue weighted by Gasteiger charge is -2.13. The number of rotatable bonds is 10. The van der Waals surface area contributed by atoms with Gasteiger partial charge in [-0.05, 0) is 74.3 Å². The van der Waals surface area contributed by atoms with Gasteiger partial charge in [0.15, 0.2) is 0 Å². The van der Waals surface area contributed by atoms with Crippen molar-refractivity contribution in [1.29, 1.82) is 0 Å². The van der Waals surface area contributed by atoms with Crippen molar-refractivity contribution in [2.75, 3.05) is 20.1 Å². The van der Waals surface area contributed by atoms with Crippen LogP contribution < -0.4 is 0 Å². The maximum Gasteiger partial charge on any atom is 0.0165 e. The van der Waals surface area contributed by atoms with Crippen LogP contribution in [0.25, 0.3) is 0 Å². The van der Waals surface area contributed by atoms with E-state index in [0.29, 0.717) is 0 Å². The molecule has 0 radical (unpaired) electrons. The Morgan fingerprint density at radius 1 is 0.625 bits per heavy atom. The predicted octanol–water partition coefficient (Wildman–Crippen LogP) is 7.33. The van der Waals surface area contributed by atoms with E-state index in [1.165, 1.54) is 35.1 Å². The third-order valence-electron chi connectivity index (χ3n) is 3.69. The molecule has 1 nitrogen and oxygen atoms in total. The topological polar surface area (TPSA) is 3.24 Å². The molecule has 0 rings (SSSR count). The van der Waals surface area contributed by atoms with Crippen molar-refractivity contribution in [3.05, 3.63) is 46.6 Å². The molecule has 0 aliphatic heterocycles. The fraction of sp³-hybridized carbons (Fsp3) is 0.652. The van der Waals surface area contributed by atoms with Gasteiger partial charge in [-0.25, -0.2) is 0 Å². The van der Waals surface area contributed by atoms with Gasteiger partial charge in [-0.2, -0.15) is 0 Å². The number of hydrogen-bond donors (Lipinski definition) is 0. The molecule has 0 aliphatic carbocycles. The van der Waals surface area contributed by atoms with Crippen molar-refractivity contribution in [3.8, 4) is 0 Å². The van der Waals surface area contributed by atoms with Crippen LogP contribution >= 0.6 is 0 Å². The average Bonchev–Trinajstić information content (AvgIpc) is 2.52. The molecular formula is C23H43N. The van der Waals surface area contributed by atoms with Crippen molar-refractivity contribution in [2.24, 2.45) is 0 Å². The molecule has 0 N–H and O–H groups in total. The van der Waals surface area contributed by atoms with Crippen LogP contribution in [0.3, 0.4) is 0 Å². The molecule has 24 heavy (non-hydrogen) atoms. The lowest BCUT2D eigenvalue weighted by Crippen LogP contribution is -2.18.